The van der Waals surface area contributed by atoms with Crippen LogP contribution in [0.4, 0.5) is 0 Å². The van der Waals surface area contributed by atoms with E-state index >= 15 is 0 Å². The third-order valence-corrected chi connectivity index (χ3v) is 4.81. The number of likely N-dealkylation sites (N-methyl/N-ethyl adjacent to an activating group) is 1. The molecule has 0 aliphatic carbocycles. The number of nitrogens with one attached hydrogen (secondary N) is 2. The summed E-state index contributed by atoms with van der Waals surface area (Å²) < 4.78 is 0. The summed E-state index contributed by atoms with van der Waals surface area (Å²) in [6, 6.07) is 6.04. The van der Waals surface area contributed by atoms with E-state index in [2.05, 4.69) is 45.3 Å². The van der Waals surface area contributed by atoms with Crippen LogP contribution in [-0.4, -0.2) is 79.6 Å². The summed E-state index contributed by atoms with van der Waals surface area (Å²) in [5.41, 5.74) is 1.11. The topological polar surface area (TPSA) is 55.8 Å². The van der Waals surface area contributed by atoms with Crippen molar-refractivity contribution in [1.29, 1.82) is 0 Å². The maximum absolute atomic E-state index is 4.70. The summed E-state index contributed by atoms with van der Waals surface area (Å²) >= 11 is 0. The van der Waals surface area contributed by atoms with E-state index in [1.165, 1.54) is 45.7 Å². The zero-order valence-corrected chi connectivity index (χ0v) is 19.3. The van der Waals surface area contributed by atoms with Crippen molar-refractivity contribution in [2.24, 2.45) is 4.99 Å². The highest BCUT2D eigenvalue weighted by atomic mass is 127. The molecule has 27 heavy (non-hydrogen) atoms. The van der Waals surface area contributed by atoms with Gasteiger partial charge in [-0.15, -0.1) is 24.0 Å². The first-order valence-electron chi connectivity index (χ1n) is 10.2. The molecule has 0 radical (unpaired) electrons. The maximum atomic E-state index is 4.70. The van der Waals surface area contributed by atoms with Crippen molar-refractivity contribution in [3.05, 3.63) is 30.1 Å². The normalized spacial score (nSPS) is 16.0. The number of unbranched alkanes of at least 4 members (excludes halogenated alkanes) is 1. The van der Waals surface area contributed by atoms with Crippen molar-refractivity contribution in [2.75, 3.05) is 58.9 Å². The van der Waals surface area contributed by atoms with Crippen LogP contribution in [0.1, 0.15) is 32.4 Å². The zero-order chi connectivity index (χ0) is 18.5. The van der Waals surface area contributed by atoms with Crippen LogP contribution in [0.5, 0.6) is 0 Å². The first-order valence-corrected chi connectivity index (χ1v) is 10.2. The molecule has 2 heterocycles. The molecule has 0 amide bonds. The van der Waals surface area contributed by atoms with Crippen LogP contribution < -0.4 is 10.6 Å². The number of piperazine rings is 1. The first-order chi connectivity index (χ1) is 12.8. The summed E-state index contributed by atoms with van der Waals surface area (Å²) in [6.45, 7) is 14.2. The van der Waals surface area contributed by atoms with Gasteiger partial charge in [0, 0.05) is 64.1 Å². The van der Waals surface area contributed by atoms with Gasteiger partial charge in [0.25, 0.3) is 0 Å². The molecular formula is C20H37IN6. The molecule has 2 N–H and O–H groups in total. The van der Waals surface area contributed by atoms with Gasteiger partial charge in [-0.1, -0.05) is 13.0 Å². The number of hydrogen-bond acceptors (Lipinski definition) is 4. The Balaban J connectivity index is 0.00000364. The van der Waals surface area contributed by atoms with Gasteiger partial charge in [-0.3, -0.25) is 9.98 Å². The number of nitrogens with zero attached hydrogens (tertiary/aromatic N) is 4. The molecule has 1 aliphatic rings. The van der Waals surface area contributed by atoms with E-state index in [4.69, 9.17) is 4.99 Å². The second kappa shape index (κ2) is 15.0. The quantitative estimate of drug-likeness (QED) is 0.229. The Morgan fingerprint density at radius 1 is 1.07 bits per heavy atom. The van der Waals surface area contributed by atoms with E-state index in [9.17, 15) is 0 Å². The number of pyridine rings is 1. The van der Waals surface area contributed by atoms with Gasteiger partial charge in [0.15, 0.2) is 5.96 Å². The average molecular weight is 488 g/mol. The maximum Gasteiger partial charge on any atom is 0.191 e. The minimum absolute atomic E-state index is 0. The van der Waals surface area contributed by atoms with Gasteiger partial charge in [0.2, 0.25) is 0 Å². The second-order valence-corrected chi connectivity index (χ2v) is 6.74. The largest absolute Gasteiger partial charge is 0.357 e. The predicted octanol–water partition coefficient (Wildman–Crippen LogP) is 2.21. The fourth-order valence-corrected chi connectivity index (χ4v) is 3.16. The summed E-state index contributed by atoms with van der Waals surface area (Å²) in [5.74, 6) is 0.917. The van der Waals surface area contributed by atoms with Crippen LogP contribution in [0.25, 0.3) is 0 Å². The minimum Gasteiger partial charge on any atom is -0.357 e. The standard InChI is InChI=1S/C20H36N6.HI/c1-3-21-20(24-13-10-19-9-5-6-11-22-19)23-12-7-8-14-26-17-15-25(4-2)16-18-26;/h5-6,9,11H,3-4,7-8,10,12-18H2,1-2H3,(H2,21,23,24);1H. The predicted molar refractivity (Wildman–Crippen MR) is 125 cm³/mol. The fourth-order valence-electron chi connectivity index (χ4n) is 3.16. The summed E-state index contributed by atoms with van der Waals surface area (Å²) in [5, 5.41) is 6.73. The molecule has 1 aliphatic heterocycles. The molecule has 1 fully saturated rings. The number of aromatic nitrogens is 1. The molecule has 7 heteroatoms. The molecule has 0 bridgehead atoms. The third-order valence-electron chi connectivity index (χ3n) is 4.81. The van der Waals surface area contributed by atoms with Crippen LogP contribution >= 0.6 is 24.0 Å². The van der Waals surface area contributed by atoms with E-state index in [0.717, 1.165) is 44.1 Å². The lowest BCUT2D eigenvalue weighted by molar-refractivity contribution is 0.136. The lowest BCUT2D eigenvalue weighted by Gasteiger charge is -2.33. The van der Waals surface area contributed by atoms with Gasteiger partial charge in [-0.2, -0.15) is 0 Å². The number of halogens is 1. The van der Waals surface area contributed by atoms with Gasteiger partial charge in [0.05, 0.1) is 0 Å². The van der Waals surface area contributed by atoms with Crippen LogP contribution in [0.2, 0.25) is 0 Å². The van der Waals surface area contributed by atoms with E-state index in [0.29, 0.717) is 0 Å². The smallest absolute Gasteiger partial charge is 0.191 e. The van der Waals surface area contributed by atoms with Gasteiger partial charge in [-0.25, -0.2) is 0 Å². The molecule has 1 saturated heterocycles. The lowest BCUT2D eigenvalue weighted by Crippen LogP contribution is -2.46. The van der Waals surface area contributed by atoms with Crippen LogP contribution in [0.15, 0.2) is 29.4 Å². The Bertz CT molecular complexity index is 502. The average Bonchev–Trinajstić information content (AvgIpc) is 2.69. The summed E-state index contributed by atoms with van der Waals surface area (Å²) in [4.78, 5) is 14.2. The molecule has 1 aromatic heterocycles. The van der Waals surface area contributed by atoms with E-state index in [1.54, 1.807) is 0 Å². The van der Waals surface area contributed by atoms with Crippen LogP contribution in [-0.2, 0) is 6.42 Å². The molecule has 2 rings (SSSR count). The number of aliphatic imine (C=N–C) groups is 1. The summed E-state index contributed by atoms with van der Waals surface area (Å²) in [7, 11) is 0. The van der Waals surface area contributed by atoms with Crippen molar-refractivity contribution in [1.82, 2.24) is 25.4 Å². The SMILES string of the molecule is CCNC(=NCCCCN1CCN(CC)CC1)NCCc1ccccn1.I. The Morgan fingerprint density at radius 3 is 2.52 bits per heavy atom. The van der Waals surface area contributed by atoms with Crippen molar-refractivity contribution < 1.29 is 0 Å². The monoisotopic (exact) mass is 488 g/mol. The minimum atomic E-state index is 0. The Hall–Kier alpha value is -0.930. The van der Waals surface area contributed by atoms with Crippen molar-refractivity contribution in [2.45, 2.75) is 33.1 Å². The van der Waals surface area contributed by atoms with Crippen LogP contribution in [0.3, 0.4) is 0 Å². The molecule has 154 valence electrons. The molecule has 0 spiro atoms. The van der Waals surface area contributed by atoms with Gasteiger partial charge in [-0.05, 0) is 45.0 Å². The number of guanidine groups is 1. The third kappa shape index (κ3) is 10.3. The Kier molecular flexibility index (Phi) is 13.4. The highest BCUT2D eigenvalue weighted by molar-refractivity contribution is 14.0. The van der Waals surface area contributed by atoms with Gasteiger partial charge in [0.1, 0.15) is 0 Å². The number of rotatable bonds is 10. The molecular weight excluding hydrogens is 451 g/mol. The molecule has 0 aromatic carbocycles. The first kappa shape index (κ1) is 24.1. The van der Waals surface area contributed by atoms with Crippen molar-refractivity contribution >= 4 is 29.9 Å². The van der Waals surface area contributed by atoms with E-state index < -0.39 is 0 Å². The molecule has 0 atom stereocenters. The second-order valence-electron chi connectivity index (χ2n) is 6.74. The molecule has 1 aromatic rings. The molecule has 0 saturated carbocycles. The Labute approximate surface area is 182 Å². The highest BCUT2D eigenvalue weighted by Crippen LogP contribution is 2.03. The van der Waals surface area contributed by atoms with E-state index in [-0.39, 0.29) is 24.0 Å². The van der Waals surface area contributed by atoms with Crippen molar-refractivity contribution in [3.63, 3.8) is 0 Å². The highest BCUT2D eigenvalue weighted by Gasteiger charge is 2.14. The van der Waals surface area contributed by atoms with Gasteiger partial charge >= 0.3 is 0 Å². The van der Waals surface area contributed by atoms with Crippen molar-refractivity contribution in [3.8, 4) is 0 Å². The van der Waals surface area contributed by atoms with E-state index in [1.807, 2.05) is 18.3 Å². The Morgan fingerprint density at radius 2 is 1.85 bits per heavy atom. The van der Waals surface area contributed by atoms with Gasteiger partial charge < -0.3 is 20.4 Å². The molecule has 0 unspecified atom stereocenters. The van der Waals surface area contributed by atoms with Crippen LogP contribution in [0, 0.1) is 0 Å². The molecule has 6 nitrogen and oxygen atoms in total. The summed E-state index contributed by atoms with van der Waals surface area (Å²) in [6.07, 6.45) is 5.12. The zero-order valence-electron chi connectivity index (χ0n) is 17.0. The lowest BCUT2D eigenvalue weighted by atomic mass is 10.2. The fraction of sp³-hybridized carbons (Fsp3) is 0.700. The number of hydrogen-bond donors (Lipinski definition) is 2.